The number of oxime groups is 1. The molecule has 1 aromatic heterocycles. The Morgan fingerprint density at radius 2 is 2.32 bits per heavy atom. The molecule has 0 saturated heterocycles. The number of rotatable bonds is 4. The first-order valence-electron chi connectivity index (χ1n) is 5.79. The highest BCUT2D eigenvalue weighted by Gasteiger charge is 2.31. The van der Waals surface area contributed by atoms with E-state index in [4.69, 9.17) is 9.94 Å². The molecule has 0 radical (unpaired) electrons. The largest absolute Gasteiger partial charge is 0.477 e. The SMILES string of the molecule is CC(C)n1ccc(NC(=O)C2CC(C(=O)O)=NO2)n1. The summed E-state index contributed by atoms with van der Waals surface area (Å²) in [5, 5.41) is 18.8. The lowest BCUT2D eigenvalue weighted by Crippen LogP contribution is -2.29. The highest BCUT2D eigenvalue weighted by atomic mass is 16.6. The molecule has 0 saturated carbocycles. The van der Waals surface area contributed by atoms with E-state index in [0.717, 1.165) is 0 Å². The summed E-state index contributed by atoms with van der Waals surface area (Å²) in [6.07, 6.45) is 0.774. The fourth-order valence-corrected chi connectivity index (χ4v) is 1.54. The van der Waals surface area contributed by atoms with Crippen LogP contribution < -0.4 is 5.32 Å². The van der Waals surface area contributed by atoms with Gasteiger partial charge in [0.1, 0.15) is 0 Å². The summed E-state index contributed by atoms with van der Waals surface area (Å²) in [5.74, 6) is -1.25. The van der Waals surface area contributed by atoms with Crippen LogP contribution in [0.5, 0.6) is 0 Å². The summed E-state index contributed by atoms with van der Waals surface area (Å²) in [7, 11) is 0. The molecule has 8 heteroatoms. The Labute approximate surface area is 109 Å². The average Bonchev–Trinajstić information content (AvgIpc) is 2.96. The molecule has 0 aliphatic carbocycles. The van der Waals surface area contributed by atoms with Crippen molar-refractivity contribution in [3.63, 3.8) is 0 Å². The Morgan fingerprint density at radius 1 is 1.58 bits per heavy atom. The van der Waals surface area contributed by atoms with Gasteiger partial charge in [0.05, 0.1) is 0 Å². The third kappa shape index (κ3) is 2.90. The third-order valence-electron chi connectivity index (χ3n) is 2.60. The van der Waals surface area contributed by atoms with Crippen molar-refractivity contribution in [2.24, 2.45) is 5.16 Å². The van der Waals surface area contributed by atoms with Crippen LogP contribution in [-0.2, 0) is 14.4 Å². The minimum atomic E-state index is -1.18. The molecule has 1 aliphatic heterocycles. The molecule has 1 aliphatic rings. The van der Waals surface area contributed by atoms with Crippen molar-refractivity contribution in [1.82, 2.24) is 9.78 Å². The van der Waals surface area contributed by atoms with E-state index in [-0.39, 0.29) is 18.2 Å². The van der Waals surface area contributed by atoms with Crippen LogP contribution in [0.25, 0.3) is 0 Å². The molecule has 0 aromatic carbocycles. The Hall–Kier alpha value is -2.38. The van der Waals surface area contributed by atoms with Crippen molar-refractivity contribution in [2.45, 2.75) is 32.4 Å². The van der Waals surface area contributed by atoms with Crippen molar-refractivity contribution in [3.05, 3.63) is 12.3 Å². The van der Waals surface area contributed by atoms with Crippen molar-refractivity contribution in [3.8, 4) is 0 Å². The maximum absolute atomic E-state index is 11.8. The average molecular weight is 266 g/mol. The van der Waals surface area contributed by atoms with Crippen LogP contribution in [0.15, 0.2) is 17.4 Å². The number of carboxylic acid groups (broad SMARTS) is 1. The second kappa shape index (κ2) is 5.09. The first-order chi connectivity index (χ1) is 8.97. The van der Waals surface area contributed by atoms with Crippen LogP contribution in [0.2, 0.25) is 0 Å². The maximum atomic E-state index is 11.8. The van der Waals surface area contributed by atoms with E-state index in [1.165, 1.54) is 0 Å². The lowest BCUT2D eigenvalue weighted by molar-refractivity contribution is -0.129. The Bertz CT molecular complexity index is 535. The van der Waals surface area contributed by atoms with E-state index in [0.29, 0.717) is 5.82 Å². The van der Waals surface area contributed by atoms with E-state index < -0.39 is 18.0 Å². The van der Waals surface area contributed by atoms with Crippen LogP contribution in [-0.4, -0.2) is 38.6 Å². The van der Waals surface area contributed by atoms with Gasteiger partial charge in [-0.3, -0.25) is 9.48 Å². The zero-order valence-electron chi connectivity index (χ0n) is 10.5. The van der Waals surface area contributed by atoms with Gasteiger partial charge in [-0.05, 0) is 13.8 Å². The van der Waals surface area contributed by atoms with E-state index >= 15 is 0 Å². The summed E-state index contributed by atoms with van der Waals surface area (Å²) in [5.41, 5.74) is -0.159. The minimum absolute atomic E-state index is 0.0495. The minimum Gasteiger partial charge on any atom is -0.477 e. The summed E-state index contributed by atoms with van der Waals surface area (Å²) < 4.78 is 1.70. The molecular weight excluding hydrogens is 252 g/mol. The quantitative estimate of drug-likeness (QED) is 0.831. The lowest BCUT2D eigenvalue weighted by atomic mass is 10.2. The van der Waals surface area contributed by atoms with Crippen molar-refractivity contribution < 1.29 is 19.5 Å². The first kappa shape index (κ1) is 13.1. The van der Waals surface area contributed by atoms with E-state index in [1.807, 2.05) is 13.8 Å². The van der Waals surface area contributed by atoms with E-state index in [1.54, 1.807) is 16.9 Å². The monoisotopic (exact) mass is 266 g/mol. The molecule has 1 unspecified atom stereocenters. The standard InChI is InChI=1S/C11H14N4O4/c1-6(2)15-4-3-9(13-15)12-10(16)8-5-7(11(17)18)14-19-8/h3-4,6,8H,5H2,1-2H3,(H,17,18)(H,12,13,16). The van der Waals surface area contributed by atoms with Crippen molar-refractivity contribution in [1.29, 1.82) is 0 Å². The Balaban J connectivity index is 1.93. The lowest BCUT2D eigenvalue weighted by Gasteiger charge is -2.07. The van der Waals surface area contributed by atoms with E-state index in [2.05, 4.69) is 15.6 Å². The van der Waals surface area contributed by atoms with Gasteiger partial charge in [0.2, 0.25) is 6.10 Å². The Morgan fingerprint density at radius 3 is 2.84 bits per heavy atom. The number of aliphatic carboxylic acids is 1. The molecule has 2 rings (SSSR count). The fourth-order valence-electron chi connectivity index (χ4n) is 1.54. The number of aromatic nitrogens is 2. The van der Waals surface area contributed by atoms with Gasteiger partial charge in [0.25, 0.3) is 5.91 Å². The highest BCUT2D eigenvalue weighted by molar-refractivity contribution is 6.36. The second-order valence-corrected chi connectivity index (χ2v) is 4.41. The van der Waals surface area contributed by atoms with Gasteiger partial charge in [0, 0.05) is 24.7 Å². The summed E-state index contributed by atoms with van der Waals surface area (Å²) in [6.45, 7) is 3.93. The molecule has 1 amide bonds. The molecule has 8 nitrogen and oxygen atoms in total. The van der Waals surface area contributed by atoms with Gasteiger partial charge in [-0.25, -0.2) is 4.79 Å². The highest BCUT2D eigenvalue weighted by Crippen LogP contribution is 2.14. The van der Waals surface area contributed by atoms with Gasteiger partial charge < -0.3 is 15.3 Å². The number of amides is 1. The third-order valence-corrected chi connectivity index (χ3v) is 2.60. The normalized spacial score (nSPS) is 18.1. The molecule has 19 heavy (non-hydrogen) atoms. The van der Waals surface area contributed by atoms with Crippen molar-refractivity contribution >= 4 is 23.4 Å². The number of hydrogen-bond donors (Lipinski definition) is 2. The van der Waals surface area contributed by atoms with Crippen LogP contribution in [0, 0.1) is 0 Å². The van der Waals surface area contributed by atoms with Crippen molar-refractivity contribution in [2.75, 3.05) is 5.32 Å². The molecule has 1 aromatic rings. The summed E-state index contributed by atoms with van der Waals surface area (Å²) >= 11 is 0. The second-order valence-electron chi connectivity index (χ2n) is 4.41. The predicted molar refractivity (Wildman–Crippen MR) is 65.8 cm³/mol. The topological polar surface area (TPSA) is 106 Å². The molecule has 0 fully saturated rings. The molecular formula is C11H14N4O4. The van der Waals surface area contributed by atoms with Crippen LogP contribution in [0.1, 0.15) is 26.3 Å². The van der Waals surface area contributed by atoms with Crippen LogP contribution >= 0.6 is 0 Å². The molecule has 0 bridgehead atoms. The first-order valence-corrected chi connectivity index (χ1v) is 5.79. The van der Waals surface area contributed by atoms with Crippen LogP contribution in [0.4, 0.5) is 5.82 Å². The van der Waals surface area contributed by atoms with E-state index in [9.17, 15) is 9.59 Å². The van der Waals surface area contributed by atoms with Gasteiger partial charge in [-0.1, -0.05) is 5.16 Å². The molecule has 2 heterocycles. The van der Waals surface area contributed by atoms with Gasteiger partial charge in [-0.2, -0.15) is 5.10 Å². The van der Waals surface area contributed by atoms with Gasteiger partial charge >= 0.3 is 5.97 Å². The maximum Gasteiger partial charge on any atom is 0.353 e. The van der Waals surface area contributed by atoms with Gasteiger partial charge in [-0.15, -0.1) is 0 Å². The molecule has 102 valence electrons. The number of hydrogen-bond acceptors (Lipinski definition) is 5. The molecule has 1 atom stereocenters. The Kier molecular flexibility index (Phi) is 3.50. The zero-order valence-corrected chi connectivity index (χ0v) is 10.5. The number of carbonyl (C=O) groups excluding carboxylic acids is 1. The smallest absolute Gasteiger partial charge is 0.353 e. The zero-order chi connectivity index (χ0) is 14.0. The number of nitrogens with zero attached hydrogens (tertiary/aromatic N) is 3. The number of anilines is 1. The predicted octanol–water partition coefficient (Wildman–Crippen LogP) is 0.632. The summed E-state index contributed by atoms with van der Waals surface area (Å²) in [6, 6.07) is 1.85. The number of carbonyl (C=O) groups is 2. The number of nitrogens with one attached hydrogen (secondary N) is 1. The fraction of sp³-hybridized carbons (Fsp3) is 0.455. The van der Waals surface area contributed by atoms with Gasteiger partial charge in [0.15, 0.2) is 11.5 Å². The van der Waals surface area contributed by atoms with Crippen LogP contribution in [0.3, 0.4) is 0 Å². The molecule has 2 N–H and O–H groups in total. The summed E-state index contributed by atoms with van der Waals surface area (Å²) in [4.78, 5) is 27.2. The number of carboxylic acids is 1. The molecule has 0 spiro atoms.